The van der Waals surface area contributed by atoms with Gasteiger partial charge in [0.05, 0.1) is 16.8 Å². The summed E-state index contributed by atoms with van der Waals surface area (Å²) in [6.45, 7) is 4.96. The van der Waals surface area contributed by atoms with Crippen molar-refractivity contribution in [2.75, 3.05) is 11.9 Å². The summed E-state index contributed by atoms with van der Waals surface area (Å²) in [6.07, 6.45) is 2.22. The number of aryl methyl sites for hydroxylation is 1. The Morgan fingerprint density at radius 2 is 2.28 bits per heavy atom. The average molecular weight is 267 g/mol. The number of hydrogen-bond acceptors (Lipinski definition) is 2. The Kier molecular flexibility index (Phi) is 4.25. The molecular formula is C14H19ClN2O. The van der Waals surface area contributed by atoms with E-state index in [2.05, 4.69) is 17.6 Å². The number of halogens is 1. The van der Waals surface area contributed by atoms with E-state index in [0.717, 1.165) is 30.6 Å². The van der Waals surface area contributed by atoms with E-state index in [9.17, 15) is 4.79 Å². The van der Waals surface area contributed by atoms with Crippen LogP contribution in [0.4, 0.5) is 5.69 Å². The zero-order valence-electron chi connectivity index (χ0n) is 10.8. The first-order valence-corrected chi connectivity index (χ1v) is 6.76. The summed E-state index contributed by atoms with van der Waals surface area (Å²) in [5, 5.41) is 6.81. The highest BCUT2D eigenvalue weighted by molar-refractivity contribution is 6.34. The molecule has 2 unspecified atom stereocenters. The van der Waals surface area contributed by atoms with E-state index < -0.39 is 0 Å². The zero-order chi connectivity index (χ0) is 13.1. The van der Waals surface area contributed by atoms with Crippen molar-refractivity contribution in [1.29, 1.82) is 0 Å². The fourth-order valence-electron chi connectivity index (χ4n) is 2.39. The van der Waals surface area contributed by atoms with Gasteiger partial charge in [-0.1, -0.05) is 30.7 Å². The van der Waals surface area contributed by atoms with Crippen LogP contribution in [0.3, 0.4) is 0 Å². The lowest BCUT2D eigenvalue weighted by atomic mass is 9.92. The predicted molar refractivity (Wildman–Crippen MR) is 75.0 cm³/mol. The molecule has 1 aliphatic heterocycles. The van der Waals surface area contributed by atoms with Crippen LogP contribution in [-0.2, 0) is 4.79 Å². The first-order chi connectivity index (χ1) is 8.59. The Bertz CT molecular complexity index is 427. The van der Waals surface area contributed by atoms with E-state index in [0.29, 0.717) is 10.9 Å². The number of rotatable bonds is 2. The van der Waals surface area contributed by atoms with Crippen LogP contribution < -0.4 is 10.6 Å². The van der Waals surface area contributed by atoms with Gasteiger partial charge in [0.25, 0.3) is 0 Å². The Balaban J connectivity index is 2.11. The molecule has 2 rings (SSSR count). The van der Waals surface area contributed by atoms with Gasteiger partial charge in [0.2, 0.25) is 5.91 Å². The Hall–Kier alpha value is -1.06. The molecule has 1 heterocycles. The minimum absolute atomic E-state index is 0.0124. The standard InChI is InChI=1S/C14H19ClN2O/c1-9-5-3-7-11(15)12(9)17-14(18)13-10(2)6-4-8-16-13/h3,5,7,10,13,16H,4,6,8H2,1-2H3,(H,17,18). The molecule has 1 aromatic rings. The minimum Gasteiger partial charge on any atom is -0.323 e. The van der Waals surface area contributed by atoms with Gasteiger partial charge in [0.15, 0.2) is 0 Å². The second-order valence-corrected chi connectivity index (χ2v) is 5.38. The summed E-state index contributed by atoms with van der Waals surface area (Å²) < 4.78 is 0. The van der Waals surface area contributed by atoms with Crippen molar-refractivity contribution < 1.29 is 4.79 Å². The van der Waals surface area contributed by atoms with E-state index in [1.54, 1.807) is 6.07 Å². The van der Waals surface area contributed by atoms with Gasteiger partial charge in [-0.15, -0.1) is 0 Å². The molecule has 3 nitrogen and oxygen atoms in total. The quantitative estimate of drug-likeness (QED) is 0.864. The largest absolute Gasteiger partial charge is 0.323 e. The zero-order valence-corrected chi connectivity index (χ0v) is 11.6. The number of hydrogen-bond donors (Lipinski definition) is 2. The van der Waals surface area contributed by atoms with Crippen molar-refractivity contribution in [3.05, 3.63) is 28.8 Å². The molecule has 98 valence electrons. The van der Waals surface area contributed by atoms with Crippen LogP contribution in [0.2, 0.25) is 5.02 Å². The van der Waals surface area contributed by atoms with Crippen molar-refractivity contribution in [3.63, 3.8) is 0 Å². The summed E-state index contributed by atoms with van der Waals surface area (Å²) in [5.41, 5.74) is 1.71. The third-order valence-electron chi connectivity index (χ3n) is 3.52. The molecule has 1 saturated heterocycles. The predicted octanol–water partition coefficient (Wildman–Crippen LogP) is 2.98. The Morgan fingerprint density at radius 3 is 2.94 bits per heavy atom. The highest BCUT2D eigenvalue weighted by Crippen LogP contribution is 2.26. The number of piperidine rings is 1. The molecule has 0 spiro atoms. The third kappa shape index (κ3) is 2.85. The van der Waals surface area contributed by atoms with Crippen molar-refractivity contribution in [2.45, 2.75) is 32.7 Å². The van der Waals surface area contributed by atoms with E-state index >= 15 is 0 Å². The summed E-state index contributed by atoms with van der Waals surface area (Å²) in [7, 11) is 0. The highest BCUT2D eigenvalue weighted by atomic mass is 35.5. The van der Waals surface area contributed by atoms with Gasteiger partial charge >= 0.3 is 0 Å². The normalized spacial score (nSPS) is 23.7. The lowest BCUT2D eigenvalue weighted by Gasteiger charge is -2.29. The van der Waals surface area contributed by atoms with Crippen LogP contribution in [0.25, 0.3) is 0 Å². The molecule has 1 amide bonds. The van der Waals surface area contributed by atoms with Crippen LogP contribution in [-0.4, -0.2) is 18.5 Å². The van der Waals surface area contributed by atoms with E-state index in [1.807, 2.05) is 19.1 Å². The summed E-state index contributed by atoms with van der Waals surface area (Å²) in [5.74, 6) is 0.375. The van der Waals surface area contributed by atoms with Crippen molar-refractivity contribution in [1.82, 2.24) is 5.32 Å². The smallest absolute Gasteiger partial charge is 0.241 e. The van der Waals surface area contributed by atoms with E-state index in [1.165, 1.54) is 0 Å². The van der Waals surface area contributed by atoms with Crippen molar-refractivity contribution in [2.24, 2.45) is 5.92 Å². The molecule has 2 N–H and O–H groups in total. The number of carbonyl (C=O) groups is 1. The molecular weight excluding hydrogens is 248 g/mol. The van der Waals surface area contributed by atoms with Gasteiger partial charge in [-0.05, 0) is 43.9 Å². The topological polar surface area (TPSA) is 41.1 Å². The van der Waals surface area contributed by atoms with Gasteiger partial charge in [-0.2, -0.15) is 0 Å². The number of carbonyl (C=O) groups excluding carboxylic acids is 1. The summed E-state index contributed by atoms with van der Waals surface area (Å²) in [6, 6.07) is 5.50. The van der Waals surface area contributed by atoms with Gasteiger partial charge in [-0.25, -0.2) is 0 Å². The molecule has 0 aromatic heterocycles. The number of para-hydroxylation sites is 1. The van der Waals surface area contributed by atoms with Gasteiger partial charge < -0.3 is 10.6 Å². The first kappa shape index (κ1) is 13.4. The second kappa shape index (κ2) is 5.72. The lowest BCUT2D eigenvalue weighted by Crippen LogP contribution is -2.48. The molecule has 0 bridgehead atoms. The number of anilines is 1. The Morgan fingerprint density at radius 1 is 1.50 bits per heavy atom. The van der Waals surface area contributed by atoms with E-state index in [4.69, 9.17) is 11.6 Å². The monoisotopic (exact) mass is 266 g/mol. The minimum atomic E-state index is -0.116. The number of nitrogens with one attached hydrogen (secondary N) is 2. The fraction of sp³-hybridized carbons (Fsp3) is 0.500. The van der Waals surface area contributed by atoms with Gasteiger partial charge in [-0.3, -0.25) is 4.79 Å². The molecule has 0 aliphatic carbocycles. The van der Waals surface area contributed by atoms with Crippen LogP contribution in [0.15, 0.2) is 18.2 Å². The van der Waals surface area contributed by atoms with Gasteiger partial charge in [0.1, 0.15) is 0 Å². The molecule has 18 heavy (non-hydrogen) atoms. The second-order valence-electron chi connectivity index (χ2n) is 4.97. The van der Waals surface area contributed by atoms with Crippen molar-refractivity contribution >= 4 is 23.2 Å². The van der Waals surface area contributed by atoms with Crippen LogP contribution >= 0.6 is 11.6 Å². The molecule has 0 radical (unpaired) electrons. The first-order valence-electron chi connectivity index (χ1n) is 6.39. The van der Waals surface area contributed by atoms with Crippen LogP contribution in [0.5, 0.6) is 0 Å². The Labute approximate surface area is 113 Å². The maximum Gasteiger partial charge on any atom is 0.241 e. The maximum atomic E-state index is 12.3. The average Bonchev–Trinajstić information content (AvgIpc) is 2.34. The molecule has 2 atom stereocenters. The third-order valence-corrected chi connectivity index (χ3v) is 3.84. The van der Waals surface area contributed by atoms with Crippen LogP contribution in [0.1, 0.15) is 25.3 Å². The number of amides is 1. The summed E-state index contributed by atoms with van der Waals surface area (Å²) in [4.78, 5) is 12.3. The molecule has 1 fully saturated rings. The molecule has 0 saturated carbocycles. The van der Waals surface area contributed by atoms with Gasteiger partial charge in [0, 0.05) is 0 Å². The van der Waals surface area contributed by atoms with E-state index in [-0.39, 0.29) is 11.9 Å². The summed E-state index contributed by atoms with van der Waals surface area (Å²) >= 11 is 6.11. The highest BCUT2D eigenvalue weighted by Gasteiger charge is 2.27. The lowest BCUT2D eigenvalue weighted by molar-refractivity contribution is -0.119. The fourth-order valence-corrected chi connectivity index (χ4v) is 2.66. The maximum absolute atomic E-state index is 12.3. The molecule has 1 aromatic carbocycles. The molecule has 1 aliphatic rings. The molecule has 4 heteroatoms. The van der Waals surface area contributed by atoms with Crippen LogP contribution in [0, 0.1) is 12.8 Å². The van der Waals surface area contributed by atoms with Crippen molar-refractivity contribution in [3.8, 4) is 0 Å². The SMILES string of the molecule is Cc1cccc(Cl)c1NC(=O)C1NCCCC1C. The number of benzene rings is 1.